The summed E-state index contributed by atoms with van der Waals surface area (Å²) >= 11 is 20.7. The summed E-state index contributed by atoms with van der Waals surface area (Å²) in [6.45, 7) is 8.93. The minimum Gasteiger partial charge on any atom is -0.423 e. The molecule has 2 aromatic carbocycles. The van der Waals surface area contributed by atoms with Crippen LogP contribution in [0.4, 0.5) is 0 Å². The smallest absolute Gasteiger partial charge is 0.380 e. The quantitative estimate of drug-likeness (QED) is 0.173. The molecule has 0 fully saturated rings. The Hall–Kier alpha value is -0.220. The fraction of sp³-hybridized carbons (Fsp3) is 0.444. The highest BCUT2D eigenvalue weighted by atomic mass is 35.5. The lowest BCUT2D eigenvalue weighted by Crippen LogP contribution is -2.05. The molecule has 1 atom stereocenters. The summed E-state index contributed by atoms with van der Waals surface area (Å²) in [6.07, 6.45) is 1.07. The molecule has 0 saturated carbocycles. The second-order valence-electron chi connectivity index (χ2n) is 8.35. The van der Waals surface area contributed by atoms with E-state index in [0.717, 1.165) is 33.8 Å². The van der Waals surface area contributed by atoms with Crippen molar-refractivity contribution in [1.82, 2.24) is 4.98 Å². The molecule has 1 aliphatic rings. The average molecular weight is 680 g/mol. The number of fused-ring (bicyclic) bond motifs is 2. The number of halogens is 1. The number of hydrogen-bond donors (Lipinski definition) is 0. The summed E-state index contributed by atoms with van der Waals surface area (Å²) in [4.78, 5) is 5.77. The molecule has 0 N–H and O–H groups in total. The van der Waals surface area contributed by atoms with Crippen LogP contribution in [0, 0.1) is 6.92 Å². The van der Waals surface area contributed by atoms with E-state index in [2.05, 4.69) is 17.1 Å². The predicted octanol–water partition coefficient (Wildman–Crippen LogP) is 10.1. The van der Waals surface area contributed by atoms with Crippen molar-refractivity contribution in [3.63, 3.8) is 0 Å². The van der Waals surface area contributed by atoms with Crippen molar-refractivity contribution < 1.29 is 22.6 Å². The zero-order valence-corrected chi connectivity index (χ0v) is 29.1. The summed E-state index contributed by atoms with van der Waals surface area (Å²) in [6, 6.07) is 15.7. The van der Waals surface area contributed by atoms with Gasteiger partial charge in [-0.1, -0.05) is 35.1 Å². The zero-order chi connectivity index (χ0) is 29.2. The van der Waals surface area contributed by atoms with Crippen LogP contribution in [0.15, 0.2) is 53.4 Å². The monoisotopic (exact) mass is 679 g/mol. The highest BCUT2D eigenvalue weighted by Crippen LogP contribution is 2.67. The molecule has 4 rings (SSSR count). The number of nitrogens with zero attached hydrogens (tertiary/aromatic N) is 1. The van der Waals surface area contributed by atoms with Crippen LogP contribution in [-0.4, -0.2) is 37.2 Å². The molecular weight excluding hydrogens is 644 g/mol. The van der Waals surface area contributed by atoms with Crippen LogP contribution >= 0.6 is 47.2 Å². The van der Waals surface area contributed by atoms with Gasteiger partial charge in [0.25, 0.3) is 0 Å². The van der Waals surface area contributed by atoms with E-state index in [-0.39, 0.29) is 0 Å². The Balaban J connectivity index is 0.000000220. The van der Waals surface area contributed by atoms with Crippen molar-refractivity contribution >= 4 is 81.7 Å². The van der Waals surface area contributed by atoms with Crippen LogP contribution in [-0.2, 0) is 41.7 Å². The lowest BCUT2D eigenvalue weighted by Gasteiger charge is -2.29. The predicted molar refractivity (Wildman–Crippen MR) is 179 cm³/mol. The average Bonchev–Trinajstić information content (AvgIpc) is 2.90. The number of aryl methyl sites for hydroxylation is 1. The van der Waals surface area contributed by atoms with E-state index >= 15 is 0 Å². The molecule has 0 saturated heterocycles. The normalized spacial score (nSPS) is 15.3. The lowest BCUT2D eigenvalue weighted by atomic mass is 10.1. The molecule has 0 amide bonds. The Bertz CT molecular complexity index is 1350. The first-order valence-electron chi connectivity index (χ1n) is 13.1. The highest BCUT2D eigenvalue weighted by Gasteiger charge is 2.30. The van der Waals surface area contributed by atoms with Gasteiger partial charge < -0.3 is 13.6 Å². The van der Waals surface area contributed by atoms with Crippen LogP contribution in [0.5, 0.6) is 5.75 Å². The third-order valence-electron chi connectivity index (χ3n) is 5.38. The van der Waals surface area contributed by atoms with Gasteiger partial charge in [-0.3, -0.25) is 14.0 Å². The van der Waals surface area contributed by atoms with Gasteiger partial charge in [0, 0.05) is 44.1 Å². The number of aromatic nitrogens is 1. The Morgan fingerprint density at radius 3 is 2.25 bits per heavy atom. The molecule has 220 valence electrons. The number of thioether (sulfide) groups is 1. The van der Waals surface area contributed by atoms with Gasteiger partial charge in [0.2, 0.25) is 5.69 Å². The lowest BCUT2D eigenvalue weighted by molar-refractivity contribution is 0.218. The third-order valence-corrected chi connectivity index (χ3v) is 14.9. The van der Waals surface area contributed by atoms with E-state index in [1.54, 1.807) is 11.4 Å². The van der Waals surface area contributed by atoms with Crippen molar-refractivity contribution in [3.05, 3.63) is 64.8 Å². The molecule has 1 aromatic heterocycles. The number of benzene rings is 2. The van der Waals surface area contributed by atoms with Crippen molar-refractivity contribution in [3.8, 4) is 5.75 Å². The zero-order valence-electron chi connectivity index (χ0n) is 23.3. The van der Waals surface area contributed by atoms with Crippen LogP contribution < -0.4 is 4.52 Å². The fourth-order valence-corrected chi connectivity index (χ4v) is 13.3. The van der Waals surface area contributed by atoms with Gasteiger partial charge in [0.05, 0.1) is 31.9 Å². The molecule has 3 aromatic rings. The first kappa shape index (κ1) is 34.3. The molecule has 0 spiro atoms. The van der Waals surface area contributed by atoms with Gasteiger partial charge in [-0.15, -0.1) is 11.8 Å². The standard InChI is InChI=1S/C14H18NO3PS.C13H18ClO2PS3/c1-4-16-19(20,17-5-2)18-14-10-11(3)15-13-9-7-6-8-12(13)14;1-3-15-17(18,16-4-2)20-13-7-8-19-12-6-5-10(14)9-11(12)13/h6-10H,4-5H2,1-3H3;5-6,9,13H,3-4,7-8H2,1-2H3. The maximum absolute atomic E-state index is 6.14. The van der Waals surface area contributed by atoms with E-state index < -0.39 is 12.4 Å². The van der Waals surface area contributed by atoms with Crippen molar-refractivity contribution in [2.45, 2.75) is 51.2 Å². The molecule has 0 radical (unpaired) electrons. The molecule has 2 heterocycles. The minimum absolute atomic E-state index is 0.314. The van der Waals surface area contributed by atoms with Gasteiger partial charge in [-0.25, -0.2) is 0 Å². The Labute approximate surface area is 261 Å². The van der Waals surface area contributed by atoms with Crippen molar-refractivity contribution in [2.75, 3.05) is 32.2 Å². The van der Waals surface area contributed by atoms with Gasteiger partial charge in [0.15, 0.2) is 0 Å². The molecular formula is C27H36ClNO5P2S4. The summed E-state index contributed by atoms with van der Waals surface area (Å²) in [5.74, 6) is 1.76. The minimum atomic E-state index is -2.76. The van der Waals surface area contributed by atoms with Crippen LogP contribution in [0.25, 0.3) is 10.9 Å². The van der Waals surface area contributed by atoms with Gasteiger partial charge in [0.1, 0.15) is 5.75 Å². The molecule has 13 heteroatoms. The largest absolute Gasteiger partial charge is 0.423 e. The fourth-order valence-electron chi connectivity index (χ4n) is 3.88. The number of rotatable bonds is 12. The molecule has 6 nitrogen and oxygen atoms in total. The first-order valence-corrected chi connectivity index (χ1v) is 21.1. The molecule has 0 aliphatic carbocycles. The van der Waals surface area contributed by atoms with Gasteiger partial charge >= 0.3 is 6.72 Å². The molecule has 1 unspecified atom stereocenters. The number of pyridine rings is 1. The topological polar surface area (TPSA) is 59.0 Å². The van der Waals surface area contributed by atoms with Gasteiger partial charge in [-0.2, -0.15) is 0 Å². The van der Waals surface area contributed by atoms with E-state index in [9.17, 15) is 0 Å². The first-order chi connectivity index (χ1) is 19.2. The van der Waals surface area contributed by atoms with E-state index in [0.29, 0.717) is 37.4 Å². The Morgan fingerprint density at radius 2 is 1.60 bits per heavy atom. The van der Waals surface area contributed by atoms with Gasteiger partial charge in [-0.05, 0) is 94.5 Å². The Kier molecular flexibility index (Phi) is 14.2. The second kappa shape index (κ2) is 16.6. The SMILES string of the molecule is CCOP(=S)(OCC)Oc1cc(C)nc2ccccc12.CCOP(=S)(OCC)SC1CCSc2ccc(Cl)cc21. The molecule has 1 aliphatic heterocycles. The van der Waals surface area contributed by atoms with Crippen molar-refractivity contribution in [1.29, 1.82) is 0 Å². The molecule has 0 bridgehead atoms. The summed E-state index contributed by atoms with van der Waals surface area (Å²) in [5.41, 5.74) is 0.751. The van der Waals surface area contributed by atoms with Crippen LogP contribution in [0.1, 0.15) is 50.6 Å². The van der Waals surface area contributed by atoms with E-state index in [1.165, 1.54) is 10.5 Å². The highest BCUT2D eigenvalue weighted by molar-refractivity contribution is 8.68. The number of hydrogen-bond acceptors (Lipinski definition) is 10. The maximum Gasteiger partial charge on any atom is 0.380 e. The maximum atomic E-state index is 6.14. The summed E-state index contributed by atoms with van der Waals surface area (Å²) in [7, 11) is 0. The number of para-hydroxylation sites is 1. The summed E-state index contributed by atoms with van der Waals surface area (Å²) < 4.78 is 28.5. The second-order valence-corrected chi connectivity index (χ2v) is 19.3. The third kappa shape index (κ3) is 9.92. The van der Waals surface area contributed by atoms with Crippen molar-refractivity contribution in [2.24, 2.45) is 0 Å². The van der Waals surface area contributed by atoms with Crippen LogP contribution in [0.3, 0.4) is 0 Å². The van der Waals surface area contributed by atoms with E-state index in [1.807, 2.05) is 82.8 Å². The Morgan fingerprint density at radius 1 is 0.950 bits per heavy atom. The molecule has 40 heavy (non-hydrogen) atoms. The van der Waals surface area contributed by atoms with Crippen LogP contribution in [0.2, 0.25) is 5.02 Å². The van der Waals surface area contributed by atoms with E-state index in [4.69, 9.17) is 57.8 Å². The summed E-state index contributed by atoms with van der Waals surface area (Å²) in [5, 5.41) is 2.00.